The maximum atomic E-state index is 12.2. The van der Waals surface area contributed by atoms with E-state index in [0.717, 1.165) is 15.6 Å². The minimum atomic E-state index is -0.0809. The van der Waals surface area contributed by atoms with E-state index in [2.05, 4.69) is 26.2 Å². The van der Waals surface area contributed by atoms with Gasteiger partial charge >= 0.3 is 0 Å². The van der Waals surface area contributed by atoms with Crippen LogP contribution in [0.2, 0.25) is 5.02 Å². The molecule has 134 valence electrons. The van der Waals surface area contributed by atoms with Gasteiger partial charge in [0.05, 0.1) is 12.2 Å². The maximum Gasteiger partial charge on any atom is 0.220 e. The molecule has 1 aromatic heterocycles. The summed E-state index contributed by atoms with van der Waals surface area (Å²) in [5, 5.41) is 3.65. The van der Waals surface area contributed by atoms with E-state index in [0.29, 0.717) is 29.5 Å². The fraction of sp³-hybridized carbons (Fsp3) is 0.200. The number of nitrogens with zero attached hydrogens (tertiary/aromatic N) is 1. The van der Waals surface area contributed by atoms with Crippen molar-refractivity contribution in [3.8, 4) is 11.3 Å². The predicted molar refractivity (Wildman–Crippen MR) is 106 cm³/mol. The first kappa shape index (κ1) is 18.7. The molecule has 2 aromatic carbocycles. The van der Waals surface area contributed by atoms with Crippen molar-refractivity contribution in [2.75, 3.05) is 0 Å². The largest absolute Gasteiger partial charge is 0.441 e. The molecule has 1 heterocycles. The summed E-state index contributed by atoms with van der Waals surface area (Å²) in [5.74, 6) is 1.20. The molecule has 4 nitrogen and oxygen atoms in total. The summed E-state index contributed by atoms with van der Waals surface area (Å²) in [6, 6.07) is 15.2. The maximum absolute atomic E-state index is 12.2. The van der Waals surface area contributed by atoms with Gasteiger partial charge in [0.2, 0.25) is 5.91 Å². The highest BCUT2D eigenvalue weighted by molar-refractivity contribution is 9.10. The molecule has 0 saturated carbocycles. The van der Waals surface area contributed by atoms with Crippen LogP contribution in [0, 0.1) is 0 Å². The lowest BCUT2D eigenvalue weighted by Gasteiger charge is -2.14. The summed E-state index contributed by atoms with van der Waals surface area (Å²) >= 11 is 9.29. The first-order valence-corrected chi connectivity index (χ1v) is 9.44. The lowest BCUT2D eigenvalue weighted by molar-refractivity contribution is -0.121. The molecule has 6 heteroatoms. The third-order valence-corrected chi connectivity index (χ3v) is 4.78. The molecular formula is C20H18BrClN2O2. The van der Waals surface area contributed by atoms with Crippen LogP contribution in [0.25, 0.3) is 11.3 Å². The van der Waals surface area contributed by atoms with E-state index in [9.17, 15) is 4.79 Å². The first-order valence-electron chi connectivity index (χ1n) is 8.27. The van der Waals surface area contributed by atoms with Crippen molar-refractivity contribution in [2.45, 2.75) is 25.8 Å². The SMILES string of the molecule is CC(NC(=O)CCc1ncc(-c2ccc(Br)cc2)o1)c1ccc(Cl)cc1. The number of hydrogen-bond donors (Lipinski definition) is 1. The second-order valence-corrected chi connectivity index (χ2v) is 7.32. The van der Waals surface area contributed by atoms with Gasteiger partial charge in [-0.25, -0.2) is 4.98 Å². The monoisotopic (exact) mass is 432 g/mol. The van der Waals surface area contributed by atoms with Crippen LogP contribution in [-0.4, -0.2) is 10.9 Å². The van der Waals surface area contributed by atoms with Gasteiger partial charge < -0.3 is 9.73 Å². The number of aromatic nitrogens is 1. The van der Waals surface area contributed by atoms with E-state index in [1.54, 1.807) is 6.20 Å². The predicted octanol–water partition coefficient (Wildman–Crippen LogP) is 5.57. The minimum Gasteiger partial charge on any atom is -0.441 e. The van der Waals surface area contributed by atoms with Crippen LogP contribution < -0.4 is 5.32 Å². The second-order valence-electron chi connectivity index (χ2n) is 5.97. The number of carbonyl (C=O) groups is 1. The number of benzene rings is 2. The van der Waals surface area contributed by atoms with Gasteiger partial charge in [-0.3, -0.25) is 4.79 Å². The standard InChI is InChI=1S/C20H18BrClN2O2/c1-13(14-4-8-17(22)9-5-14)24-19(25)10-11-20-23-12-18(26-20)15-2-6-16(21)7-3-15/h2-9,12-13H,10-11H2,1H3,(H,24,25). The molecule has 1 atom stereocenters. The lowest BCUT2D eigenvalue weighted by Crippen LogP contribution is -2.26. The molecule has 0 bridgehead atoms. The molecule has 1 N–H and O–H groups in total. The zero-order valence-electron chi connectivity index (χ0n) is 14.2. The zero-order chi connectivity index (χ0) is 18.5. The number of hydrogen-bond acceptors (Lipinski definition) is 3. The third kappa shape index (κ3) is 4.96. The van der Waals surface area contributed by atoms with Crippen molar-refractivity contribution in [2.24, 2.45) is 0 Å². The summed E-state index contributed by atoms with van der Waals surface area (Å²) in [6.07, 6.45) is 2.46. The number of oxazole rings is 1. The van der Waals surface area contributed by atoms with E-state index >= 15 is 0 Å². The van der Waals surface area contributed by atoms with Gasteiger partial charge in [-0.1, -0.05) is 51.8 Å². The summed E-state index contributed by atoms with van der Waals surface area (Å²) in [5.41, 5.74) is 1.96. The topological polar surface area (TPSA) is 55.1 Å². The molecular weight excluding hydrogens is 416 g/mol. The molecule has 0 saturated heterocycles. The van der Waals surface area contributed by atoms with Crippen LogP contribution in [0.3, 0.4) is 0 Å². The number of halogens is 2. The Morgan fingerprint density at radius 3 is 2.58 bits per heavy atom. The van der Waals surface area contributed by atoms with Crippen LogP contribution in [0.5, 0.6) is 0 Å². The highest BCUT2D eigenvalue weighted by atomic mass is 79.9. The molecule has 3 aromatic rings. The van der Waals surface area contributed by atoms with Gasteiger partial charge in [-0.2, -0.15) is 0 Å². The van der Waals surface area contributed by atoms with Gasteiger partial charge in [-0.05, 0) is 36.8 Å². The molecule has 0 aliphatic rings. The van der Waals surface area contributed by atoms with Gasteiger partial charge in [0.25, 0.3) is 0 Å². The fourth-order valence-electron chi connectivity index (χ4n) is 2.54. The third-order valence-electron chi connectivity index (χ3n) is 4.00. The average molecular weight is 434 g/mol. The Morgan fingerprint density at radius 1 is 1.19 bits per heavy atom. The van der Waals surface area contributed by atoms with Crippen molar-refractivity contribution in [1.82, 2.24) is 10.3 Å². The van der Waals surface area contributed by atoms with Crippen molar-refractivity contribution < 1.29 is 9.21 Å². The Labute approximate surface area is 165 Å². The lowest BCUT2D eigenvalue weighted by atomic mass is 10.1. The van der Waals surface area contributed by atoms with Gasteiger partial charge in [0.15, 0.2) is 11.7 Å². The Balaban J connectivity index is 1.53. The molecule has 26 heavy (non-hydrogen) atoms. The number of amides is 1. The Hall–Kier alpha value is -2.11. The summed E-state index contributed by atoms with van der Waals surface area (Å²) in [6.45, 7) is 1.94. The number of aryl methyl sites for hydroxylation is 1. The second kappa shape index (κ2) is 8.52. The summed E-state index contributed by atoms with van der Waals surface area (Å²) < 4.78 is 6.75. The minimum absolute atomic E-state index is 0.0455. The van der Waals surface area contributed by atoms with E-state index in [1.165, 1.54) is 0 Å². The molecule has 0 fully saturated rings. The number of carbonyl (C=O) groups excluding carboxylic acids is 1. The van der Waals surface area contributed by atoms with Crippen LogP contribution in [-0.2, 0) is 11.2 Å². The smallest absolute Gasteiger partial charge is 0.220 e. The fourth-order valence-corrected chi connectivity index (χ4v) is 2.93. The van der Waals surface area contributed by atoms with Crippen LogP contribution in [0.15, 0.2) is 63.6 Å². The van der Waals surface area contributed by atoms with Crippen molar-refractivity contribution in [3.05, 3.63) is 75.7 Å². The highest BCUT2D eigenvalue weighted by Gasteiger charge is 2.12. The molecule has 3 rings (SSSR count). The molecule has 0 aliphatic carbocycles. The van der Waals surface area contributed by atoms with E-state index in [1.807, 2.05) is 55.5 Å². The molecule has 0 aliphatic heterocycles. The van der Waals surface area contributed by atoms with Gasteiger partial charge in [0, 0.05) is 27.9 Å². The number of rotatable bonds is 6. The van der Waals surface area contributed by atoms with E-state index in [-0.39, 0.29) is 11.9 Å². The van der Waals surface area contributed by atoms with Crippen LogP contribution >= 0.6 is 27.5 Å². The van der Waals surface area contributed by atoms with Crippen LogP contribution in [0.1, 0.15) is 30.8 Å². The van der Waals surface area contributed by atoms with E-state index < -0.39 is 0 Å². The Kier molecular flexibility index (Phi) is 6.12. The van der Waals surface area contributed by atoms with Gasteiger partial charge in [0.1, 0.15) is 0 Å². The normalized spacial score (nSPS) is 12.0. The zero-order valence-corrected chi connectivity index (χ0v) is 16.5. The highest BCUT2D eigenvalue weighted by Crippen LogP contribution is 2.23. The molecule has 1 amide bonds. The van der Waals surface area contributed by atoms with E-state index in [4.69, 9.17) is 16.0 Å². The van der Waals surface area contributed by atoms with Crippen molar-refractivity contribution in [3.63, 3.8) is 0 Å². The number of nitrogens with one attached hydrogen (secondary N) is 1. The van der Waals surface area contributed by atoms with Gasteiger partial charge in [-0.15, -0.1) is 0 Å². The Bertz CT molecular complexity index is 876. The van der Waals surface area contributed by atoms with Crippen molar-refractivity contribution in [1.29, 1.82) is 0 Å². The summed E-state index contributed by atoms with van der Waals surface area (Å²) in [7, 11) is 0. The Morgan fingerprint density at radius 2 is 1.88 bits per heavy atom. The van der Waals surface area contributed by atoms with Crippen molar-refractivity contribution >= 4 is 33.4 Å². The molecule has 1 unspecified atom stereocenters. The average Bonchev–Trinajstić information content (AvgIpc) is 3.10. The van der Waals surface area contributed by atoms with Crippen LogP contribution in [0.4, 0.5) is 0 Å². The first-order chi connectivity index (χ1) is 12.5. The molecule has 0 radical (unpaired) electrons. The summed E-state index contributed by atoms with van der Waals surface area (Å²) in [4.78, 5) is 16.4. The quantitative estimate of drug-likeness (QED) is 0.553. The molecule has 0 spiro atoms.